The molecule has 3 aromatic rings. The smallest absolute Gasteiger partial charge is 0.240 e. The van der Waals surface area contributed by atoms with Gasteiger partial charge in [0, 0.05) is 41.2 Å². The standard InChI is InChI=1S/C40H50N4O7S2/c1-23(2)31-22-52-37(42-31)30-18-35(29-15-16-34(50-5)25(4)36(29)41-30)51-27-17-32-33(45)20-40(39(47)43-53(48,49)28-13-14-28)19-26(40)12-10-8-6-7-9-11-24(3)38(46)44(32)21-27/h10,12,15-16,18,22-24,26-28,32H,6-9,11,13-14,17,19-21H2,1-5H3,(H,43,47)/b12-10-/t24-,26-,27+,32-,40+/m0/s1. The highest BCUT2D eigenvalue weighted by molar-refractivity contribution is 7.90. The van der Waals surface area contributed by atoms with Crippen molar-refractivity contribution in [1.29, 1.82) is 0 Å². The van der Waals surface area contributed by atoms with E-state index in [4.69, 9.17) is 19.4 Å². The number of benzene rings is 1. The largest absolute Gasteiger partial charge is 0.496 e. The molecule has 0 unspecified atom stereocenters. The summed E-state index contributed by atoms with van der Waals surface area (Å²) in [5, 5.41) is 3.03. The summed E-state index contributed by atoms with van der Waals surface area (Å²) in [5.41, 5.74) is 2.05. The van der Waals surface area contributed by atoms with Crippen LogP contribution >= 0.6 is 11.3 Å². The van der Waals surface area contributed by atoms with E-state index in [1.165, 1.54) is 11.3 Å². The maximum absolute atomic E-state index is 14.4. The van der Waals surface area contributed by atoms with Gasteiger partial charge in [-0.2, -0.15) is 0 Å². The van der Waals surface area contributed by atoms with Crippen molar-refractivity contribution in [3.8, 4) is 22.2 Å². The lowest BCUT2D eigenvalue weighted by Gasteiger charge is -2.27. The molecule has 0 bridgehead atoms. The molecule has 2 aliphatic carbocycles. The summed E-state index contributed by atoms with van der Waals surface area (Å²) in [7, 11) is -2.17. The number of nitrogens with zero attached hydrogens (tertiary/aromatic N) is 3. The van der Waals surface area contributed by atoms with Gasteiger partial charge in [0.25, 0.3) is 0 Å². The highest BCUT2D eigenvalue weighted by atomic mass is 32.2. The average Bonchev–Trinajstić information content (AvgIpc) is 4.00. The number of allylic oxidation sites excluding steroid dienone is 2. The van der Waals surface area contributed by atoms with Gasteiger partial charge in [0.2, 0.25) is 21.8 Å². The van der Waals surface area contributed by atoms with Gasteiger partial charge >= 0.3 is 0 Å². The Bertz CT molecular complexity index is 2060. The monoisotopic (exact) mass is 762 g/mol. The molecule has 2 saturated carbocycles. The van der Waals surface area contributed by atoms with Crippen molar-refractivity contribution in [3.63, 3.8) is 0 Å². The Morgan fingerprint density at radius 3 is 2.60 bits per heavy atom. The number of amides is 2. The maximum atomic E-state index is 14.4. The van der Waals surface area contributed by atoms with Crippen molar-refractivity contribution >= 4 is 49.9 Å². The molecule has 11 nitrogen and oxygen atoms in total. The number of ketones is 1. The van der Waals surface area contributed by atoms with E-state index in [-0.39, 0.29) is 48.8 Å². The molecule has 1 saturated heterocycles. The Morgan fingerprint density at radius 2 is 1.89 bits per heavy atom. The van der Waals surface area contributed by atoms with Gasteiger partial charge in [-0.25, -0.2) is 18.4 Å². The number of sulfonamides is 1. The first-order chi connectivity index (χ1) is 25.3. The van der Waals surface area contributed by atoms with Crippen molar-refractivity contribution in [1.82, 2.24) is 19.6 Å². The Labute approximate surface area is 316 Å². The first-order valence-corrected chi connectivity index (χ1v) is 21.4. The van der Waals surface area contributed by atoms with Crippen molar-refractivity contribution in [2.24, 2.45) is 17.3 Å². The number of Topliss-reactive ketones (excluding diaryl/α,β-unsaturated/α-hetero) is 1. The molecule has 53 heavy (non-hydrogen) atoms. The van der Waals surface area contributed by atoms with E-state index in [2.05, 4.69) is 24.6 Å². The summed E-state index contributed by atoms with van der Waals surface area (Å²) in [6.45, 7) is 8.28. The maximum Gasteiger partial charge on any atom is 0.240 e. The number of aryl methyl sites for hydroxylation is 1. The summed E-state index contributed by atoms with van der Waals surface area (Å²) in [4.78, 5) is 53.8. The van der Waals surface area contributed by atoms with Gasteiger partial charge in [-0.05, 0) is 69.4 Å². The lowest BCUT2D eigenvalue weighted by Crippen LogP contribution is -2.46. The zero-order valence-corrected chi connectivity index (χ0v) is 32.9. The Hall–Kier alpha value is -3.84. The van der Waals surface area contributed by atoms with E-state index >= 15 is 0 Å². The van der Waals surface area contributed by atoms with Crippen LogP contribution in [0.4, 0.5) is 0 Å². The number of fused-ring (bicyclic) bond motifs is 3. The number of hydrogen-bond donors (Lipinski definition) is 1. The van der Waals surface area contributed by atoms with Gasteiger partial charge < -0.3 is 14.4 Å². The number of carbonyl (C=O) groups excluding carboxylic acids is 3. The molecule has 13 heteroatoms. The highest BCUT2D eigenvalue weighted by Crippen LogP contribution is 2.57. The summed E-state index contributed by atoms with van der Waals surface area (Å²) < 4.78 is 40.4. The number of thiazole rings is 1. The summed E-state index contributed by atoms with van der Waals surface area (Å²) in [5.74, 6) is 0.0389. The quantitative estimate of drug-likeness (QED) is 0.243. The minimum atomic E-state index is -3.80. The molecule has 4 aliphatic rings. The van der Waals surface area contributed by atoms with E-state index < -0.39 is 38.7 Å². The van der Waals surface area contributed by atoms with E-state index in [0.717, 1.165) is 47.3 Å². The second-order valence-electron chi connectivity index (χ2n) is 15.8. The molecule has 0 spiro atoms. The molecular formula is C40H50N4O7S2. The van der Waals surface area contributed by atoms with Crippen LogP contribution in [0.15, 0.2) is 35.7 Å². The second kappa shape index (κ2) is 14.8. The molecule has 0 radical (unpaired) electrons. The first kappa shape index (κ1) is 37.5. The molecular weight excluding hydrogens is 713 g/mol. The molecule has 5 atom stereocenters. The fraction of sp³-hybridized carbons (Fsp3) is 0.575. The fourth-order valence-corrected chi connectivity index (χ4v) is 10.2. The number of pyridine rings is 1. The van der Waals surface area contributed by atoms with Crippen LogP contribution in [0.25, 0.3) is 21.6 Å². The van der Waals surface area contributed by atoms with Crippen molar-refractivity contribution < 1.29 is 32.3 Å². The fourth-order valence-electron chi connectivity index (χ4n) is 7.90. The van der Waals surface area contributed by atoms with E-state index in [1.807, 2.05) is 43.5 Å². The Morgan fingerprint density at radius 1 is 1.09 bits per heavy atom. The molecule has 284 valence electrons. The minimum Gasteiger partial charge on any atom is -0.496 e. The average molecular weight is 763 g/mol. The molecule has 2 aliphatic heterocycles. The van der Waals surface area contributed by atoms with E-state index in [9.17, 15) is 22.8 Å². The number of carbonyl (C=O) groups is 3. The van der Waals surface area contributed by atoms with Crippen LogP contribution in [0, 0.1) is 24.2 Å². The zero-order chi connectivity index (χ0) is 37.7. The SMILES string of the molecule is COc1ccc2c(O[C@@H]3C[C@H]4C(=O)C[C@]5(C(=O)NS(=O)(=O)C6CC6)C[C@@H]5/C=C\CCCCC[C@H](C)C(=O)N4C3)cc(-c3nc(C(C)C)cs3)nc2c1C. The minimum absolute atomic E-state index is 0.102. The van der Waals surface area contributed by atoms with Gasteiger partial charge in [0.15, 0.2) is 5.78 Å². The third-order valence-electron chi connectivity index (χ3n) is 11.5. The number of nitrogens with one attached hydrogen (secondary N) is 1. The van der Waals surface area contributed by atoms with E-state index in [1.54, 1.807) is 12.0 Å². The van der Waals surface area contributed by atoms with Gasteiger partial charge in [-0.3, -0.25) is 19.1 Å². The predicted octanol–water partition coefficient (Wildman–Crippen LogP) is 6.88. The number of ether oxygens (including phenoxy) is 2. The van der Waals surface area contributed by atoms with Crippen molar-refractivity contribution in [2.45, 2.75) is 115 Å². The first-order valence-electron chi connectivity index (χ1n) is 19.0. The van der Waals surface area contributed by atoms with Crippen molar-refractivity contribution in [2.75, 3.05) is 13.7 Å². The van der Waals surface area contributed by atoms with Crippen LogP contribution in [0.3, 0.4) is 0 Å². The number of rotatable bonds is 8. The van der Waals surface area contributed by atoms with Crippen LogP contribution in [-0.4, -0.2) is 71.9 Å². The topological polar surface area (TPSA) is 145 Å². The molecule has 2 amide bonds. The van der Waals surface area contributed by atoms with Gasteiger partial charge in [0.1, 0.15) is 28.3 Å². The van der Waals surface area contributed by atoms with Gasteiger partial charge in [-0.15, -0.1) is 11.3 Å². The third-order valence-corrected chi connectivity index (χ3v) is 14.2. The lowest BCUT2D eigenvalue weighted by molar-refractivity contribution is -0.141. The predicted molar refractivity (Wildman–Crippen MR) is 204 cm³/mol. The summed E-state index contributed by atoms with van der Waals surface area (Å²) in [6.07, 6.45) is 9.43. The molecule has 2 aromatic heterocycles. The number of methoxy groups -OCH3 is 1. The second-order valence-corrected chi connectivity index (χ2v) is 18.6. The normalized spacial score (nSPS) is 27.5. The number of aromatic nitrogens is 2. The van der Waals surface area contributed by atoms with Crippen LogP contribution in [0.1, 0.15) is 102 Å². The Balaban J connectivity index is 1.21. The van der Waals surface area contributed by atoms with Crippen LogP contribution in [0.2, 0.25) is 0 Å². The zero-order valence-electron chi connectivity index (χ0n) is 31.2. The summed E-state index contributed by atoms with van der Waals surface area (Å²) >= 11 is 1.52. The van der Waals surface area contributed by atoms with Crippen molar-refractivity contribution in [3.05, 3.63) is 47.0 Å². The molecule has 3 fully saturated rings. The van der Waals surface area contributed by atoms with Crippen LogP contribution in [-0.2, 0) is 24.4 Å². The molecule has 4 heterocycles. The van der Waals surface area contributed by atoms with E-state index in [0.29, 0.717) is 48.4 Å². The summed E-state index contributed by atoms with van der Waals surface area (Å²) in [6, 6.07) is 4.88. The van der Waals surface area contributed by atoms with Gasteiger partial charge in [0.05, 0.1) is 41.6 Å². The highest BCUT2D eigenvalue weighted by Gasteiger charge is 2.61. The van der Waals surface area contributed by atoms with Crippen LogP contribution in [0.5, 0.6) is 11.5 Å². The van der Waals surface area contributed by atoms with Gasteiger partial charge in [-0.1, -0.05) is 45.8 Å². The molecule has 1 N–H and O–H groups in total. The lowest BCUT2D eigenvalue weighted by atomic mass is 9.91. The Kier molecular flexibility index (Phi) is 10.4. The third kappa shape index (κ3) is 7.61. The van der Waals surface area contributed by atoms with Crippen LogP contribution < -0.4 is 14.2 Å². The molecule has 7 rings (SSSR count). The number of hydrogen-bond acceptors (Lipinski definition) is 10. The molecule has 1 aromatic carbocycles.